The lowest BCUT2D eigenvalue weighted by atomic mass is 10.1. The Morgan fingerprint density at radius 1 is 1.67 bits per heavy atom. The van der Waals surface area contributed by atoms with Crippen molar-refractivity contribution in [2.75, 3.05) is 6.61 Å². The predicted octanol–water partition coefficient (Wildman–Crippen LogP) is 1.96. The molecular weight excluding hydrogens is 192 g/mol. The highest BCUT2D eigenvalue weighted by Gasteiger charge is 2.20. The van der Waals surface area contributed by atoms with Crippen molar-refractivity contribution in [2.24, 2.45) is 0 Å². The normalized spacial score (nSPS) is 21.5. The molecule has 0 N–H and O–H groups in total. The van der Waals surface area contributed by atoms with Gasteiger partial charge in [-0.05, 0) is 25.7 Å². The van der Waals surface area contributed by atoms with E-state index in [0.717, 1.165) is 37.8 Å². The lowest BCUT2D eigenvalue weighted by Crippen LogP contribution is -2.21. The van der Waals surface area contributed by atoms with Crippen LogP contribution in [0.3, 0.4) is 0 Å². The van der Waals surface area contributed by atoms with Crippen LogP contribution in [0.25, 0.3) is 0 Å². The molecule has 1 aliphatic rings. The molecular formula is C11H16N2O2. The summed E-state index contributed by atoms with van der Waals surface area (Å²) < 4.78 is 7.51. The third-order valence-electron chi connectivity index (χ3n) is 2.82. The maximum Gasteiger partial charge on any atom is 0.153 e. The van der Waals surface area contributed by atoms with E-state index in [0.29, 0.717) is 5.56 Å². The van der Waals surface area contributed by atoms with Crippen LogP contribution in [0.4, 0.5) is 0 Å². The van der Waals surface area contributed by atoms with E-state index in [4.69, 9.17) is 4.74 Å². The van der Waals surface area contributed by atoms with Gasteiger partial charge < -0.3 is 4.74 Å². The highest BCUT2D eigenvalue weighted by molar-refractivity contribution is 5.75. The largest absolute Gasteiger partial charge is 0.357 e. The fraction of sp³-hybridized carbons (Fsp3) is 0.636. The molecule has 0 amide bonds. The van der Waals surface area contributed by atoms with Crippen LogP contribution >= 0.6 is 0 Å². The molecule has 1 aromatic heterocycles. The summed E-state index contributed by atoms with van der Waals surface area (Å²) in [6.07, 6.45) is 6.63. The highest BCUT2D eigenvalue weighted by atomic mass is 16.5. The second-order valence-corrected chi connectivity index (χ2v) is 3.78. The third kappa shape index (κ3) is 1.95. The van der Waals surface area contributed by atoms with Crippen LogP contribution in [-0.4, -0.2) is 22.7 Å². The molecule has 1 aliphatic heterocycles. The van der Waals surface area contributed by atoms with Crippen LogP contribution in [0, 0.1) is 0 Å². The number of carbonyl (C=O) groups is 1. The van der Waals surface area contributed by atoms with E-state index >= 15 is 0 Å². The van der Waals surface area contributed by atoms with E-state index in [2.05, 4.69) is 5.10 Å². The maximum atomic E-state index is 10.8. The minimum Gasteiger partial charge on any atom is -0.357 e. The Labute approximate surface area is 89.2 Å². The quantitative estimate of drug-likeness (QED) is 0.713. The molecule has 0 radical (unpaired) electrons. The number of nitrogens with zero attached hydrogens (tertiary/aromatic N) is 2. The summed E-state index contributed by atoms with van der Waals surface area (Å²) in [4.78, 5) is 10.8. The van der Waals surface area contributed by atoms with Gasteiger partial charge in [-0.3, -0.25) is 4.79 Å². The van der Waals surface area contributed by atoms with Gasteiger partial charge in [0.15, 0.2) is 6.29 Å². The Hall–Kier alpha value is -1.16. The molecule has 0 aromatic carbocycles. The van der Waals surface area contributed by atoms with Gasteiger partial charge in [0.05, 0.1) is 17.5 Å². The first-order valence-electron chi connectivity index (χ1n) is 5.50. The summed E-state index contributed by atoms with van der Waals surface area (Å²) in [5.41, 5.74) is 1.67. The monoisotopic (exact) mass is 208 g/mol. The number of aromatic nitrogens is 2. The summed E-state index contributed by atoms with van der Waals surface area (Å²) in [6, 6.07) is 0. The summed E-state index contributed by atoms with van der Waals surface area (Å²) >= 11 is 0. The van der Waals surface area contributed by atoms with E-state index in [9.17, 15) is 4.79 Å². The van der Waals surface area contributed by atoms with Crippen LogP contribution in [-0.2, 0) is 11.2 Å². The lowest BCUT2D eigenvalue weighted by Gasteiger charge is -2.24. The first kappa shape index (κ1) is 10.4. The average Bonchev–Trinajstić information content (AvgIpc) is 2.72. The molecule has 2 rings (SSSR count). The first-order chi connectivity index (χ1) is 7.36. The van der Waals surface area contributed by atoms with Gasteiger partial charge in [-0.1, -0.05) is 6.92 Å². The SMILES string of the molecule is CCc1c(C=O)cnn1C1CCCCO1. The summed E-state index contributed by atoms with van der Waals surface area (Å²) in [5.74, 6) is 0. The average molecular weight is 208 g/mol. The van der Waals surface area contributed by atoms with Crippen molar-refractivity contribution < 1.29 is 9.53 Å². The van der Waals surface area contributed by atoms with Crippen molar-refractivity contribution in [3.8, 4) is 0 Å². The Morgan fingerprint density at radius 2 is 2.53 bits per heavy atom. The van der Waals surface area contributed by atoms with E-state index in [1.165, 1.54) is 6.42 Å². The van der Waals surface area contributed by atoms with Gasteiger partial charge in [0.1, 0.15) is 6.23 Å². The molecule has 0 aliphatic carbocycles. The third-order valence-corrected chi connectivity index (χ3v) is 2.82. The molecule has 1 unspecified atom stereocenters. The van der Waals surface area contributed by atoms with Gasteiger partial charge in [0.25, 0.3) is 0 Å². The molecule has 0 spiro atoms. The Balaban J connectivity index is 2.25. The molecule has 1 saturated heterocycles. The van der Waals surface area contributed by atoms with Crippen LogP contribution in [0.5, 0.6) is 0 Å². The van der Waals surface area contributed by atoms with Crippen LogP contribution in [0.15, 0.2) is 6.20 Å². The Bertz CT molecular complexity index is 340. The van der Waals surface area contributed by atoms with Gasteiger partial charge in [-0.25, -0.2) is 4.68 Å². The zero-order valence-corrected chi connectivity index (χ0v) is 8.98. The van der Waals surface area contributed by atoms with Gasteiger partial charge in [-0.2, -0.15) is 5.10 Å². The van der Waals surface area contributed by atoms with E-state index < -0.39 is 0 Å². The number of aldehydes is 1. The Kier molecular flexibility index (Phi) is 3.16. The van der Waals surface area contributed by atoms with Gasteiger partial charge in [0.2, 0.25) is 0 Å². The van der Waals surface area contributed by atoms with Gasteiger partial charge in [-0.15, -0.1) is 0 Å². The minimum absolute atomic E-state index is 0.0300. The molecule has 2 heterocycles. The van der Waals surface area contributed by atoms with E-state index in [1.807, 2.05) is 11.6 Å². The highest BCUT2D eigenvalue weighted by Crippen LogP contribution is 2.24. The first-order valence-corrected chi connectivity index (χ1v) is 5.50. The zero-order chi connectivity index (χ0) is 10.7. The smallest absolute Gasteiger partial charge is 0.153 e. The molecule has 4 nitrogen and oxygen atoms in total. The molecule has 1 atom stereocenters. The van der Waals surface area contributed by atoms with Crippen molar-refractivity contribution >= 4 is 6.29 Å². The van der Waals surface area contributed by atoms with Crippen molar-refractivity contribution in [3.05, 3.63) is 17.5 Å². The number of carbonyl (C=O) groups excluding carboxylic acids is 1. The van der Waals surface area contributed by atoms with Crippen LogP contribution < -0.4 is 0 Å². The van der Waals surface area contributed by atoms with Crippen LogP contribution in [0.2, 0.25) is 0 Å². The molecule has 1 fully saturated rings. The second-order valence-electron chi connectivity index (χ2n) is 3.78. The number of hydrogen-bond acceptors (Lipinski definition) is 3. The molecule has 0 bridgehead atoms. The summed E-state index contributed by atoms with van der Waals surface area (Å²) in [6.45, 7) is 2.83. The van der Waals surface area contributed by atoms with Crippen molar-refractivity contribution in [1.82, 2.24) is 9.78 Å². The van der Waals surface area contributed by atoms with Gasteiger partial charge >= 0.3 is 0 Å². The molecule has 4 heteroatoms. The standard InChI is InChI=1S/C11H16N2O2/c1-2-10-9(8-14)7-12-13(10)11-5-3-4-6-15-11/h7-8,11H,2-6H2,1H3. The Morgan fingerprint density at radius 3 is 3.13 bits per heavy atom. The zero-order valence-electron chi connectivity index (χ0n) is 8.98. The minimum atomic E-state index is 0.0300. The van der Waals surface area contributed by atoms with Crippen molar-refractivity contribution in [2.45, 2.75) is 38.8 Å². The molecule has 0 saturated carbocycles. The molecule has 1 aromatic rings. The molecule has 82 valence electrons. The number of ether oxygens (including phenoxy) is 1. The maximum absolute atomic E-state index is 10.8. The topological polar surface area (TPSA) is 44.1 Å². The predicted molar refractivity (Wildman–Crippen MR) is 55.8 cm³/mol. The van der Waals surface area contributed by atoms with Crippen molar-refractivity contribution in [1.29, 1.82) is 0 Å². The number of rotatable bonds is 3. The number of hydrogen-bond donors (Lipinski definition) is 0. The summed E-state index contributed by atoms with van der Waals surface area (Å²) in [7, 11) is 0. The molecule has 15 heavy (non-hydrogen) atoms. The van der Waals surface area contributed by atoms with Crippen molar-refractivity contribution in [3.63, 3.8) is 0 Å². The summed E-state index contributed by atoms with van der Waals surface area (Å²) in [5, 5.41) is 4.24. The fourth-order valence-electron chi connectivity index (χ4n) is 2.03. The van der Waals surface area contributed by atoms with Gasteiger partial charge in [0, 0.05) is 6.61 Å². The lowest BCUT2D eigenvalue weighted by molar-refractivity contribution is -0.0410. The second kappa shape index (κ2) is 4.57. The van der Waals surface area contributed by atoms with Crippen LogP contribution in [0.1, 0.15) is 48.5 Å². The fourth-order valence-corrected chi connectivity index (χ4v) is 2.03. The van der Waals surface area contributed by atoms with E-state index in [-0.39, 0.29) is 6.23 Å². The van der Waals surface area contributed by atoms with E-state index in [1.54, 1.807) is 6.20 Å².